The van der Waals surface area contributed by atoms with Gasteiger partial charge in [-0.3, -0.25) is 4.79 Å². The fraction of sp³-hybridized carbons (Fsp3) is 0.938. The average molecular weight is 267 g/mol. The first-order chi connectivity index (χ1) is 9.19. The Morgan fingerprint density at radius 2 is 1.89 bits per heavy atom. The molecule has 1 saturated heterocycles. The van der Waals surface area contributed by atoms with Crippen LogP contribution in [0.1, 0.15) is 64.7 Å². The number of carboxylic acid groups (broad SMARTS) is 1. The first kappa shape index (κ1) is 14.8. The van der Waals surface area contributed by atoms with Crippen LogP contribution in [0.2, 0.25) is 0 Å². The maximum atomic E-state index is 10.6. The zero-order valence-corrected chi connectivity index (χ0v) is 12.3. The highest BCUT2D eigenvalue weighted by Crippen LogP contribution is 2.32. The molecule has 19 heavy (non-hydrogen) atoms. The number of piperidine rings is 1. The Balaban J connectivity index is 1.72. The molecule has 0 amide bonds. The summed E-state index contributed by atoms with van der Waals surface area (Å²) < 4.78 is 0. The van der Waals surface area contributed by atoms with E-state index in [9.17, 15) is 4.79 Å². The van der Waals surface area contributed by atoms with Gasteiger partial charge in [0, 0.05) is 12.5 Å². The van der Waals surface area contributed by atoms with E-state index < -0.39 is 5.97 Å². The number of carboxylic acids is 1. The van der Waals surface area contributed by atoms with Crippen LogP contribution in [0, 0.1) is 11.8 Å². The molecule has 0 aromatic heterocycles. The first-order valence-corrected chi connectivity index (χ1v) is 8.15. The van der Waals surface area contributed by atoms with E-state index in [4.69, 9.17) is 5.11 Å². The molecule has 3 nitrogen and oxygen atoms in total. The second-order valence-electron chi connectivity index (χ2n) is 6.51. The van der Waals surface area contributed by atoms with Crippen LogP contribution in [0.15, 0.2) is 0 Å². The van der Waals surface area contributed by atoms with Crippen LogP contribution in [0.4, 0.5) is 0 Å². The van der Waals surface area contributed by atoms with E-state index in [1.165, 1.54) is 58.0 Å². The number of hydrogen-bond donors (Lipinski definition) is 1. The Morgan fingerprint density at radius 1 is 1.16 bits per heavy atom. The van der Waals surface area contributed by atoms with Crippen molar-refractivity contribution >= 4 is 5.97 Å². The highest BCUT2D eigenvalue weighted by Gasteiger charge is 2.29. The molecule has 2 fully saturated rings. The fourth-order valence-electron chi connectivity index (χ4n) is 3.90. The van der Waals surface area contributed by atoms with E-state index in [2.05, 4.69) is 11.8 Å². The summed E-state index contributed by atoms with van der Waals surface area (Å²) in [4.78, 5) is 13.3. The standard InChI is InChI=1S/C16H29NO2/c1-2-13-4-3-5-15(12-13)17-10-8-14(9-11-17)6-7-16(18)19/h13-15H,2-12H2,1H3,(H,18,19). The Hall–Kier alpha value is -0.570. The fourth-order valence-corrected chi connectivity index (χ4v) is 3.90. The predicted molar refractivity (Wildman–Crippen MR) is 77.2 cm³/mol. The van der Waals surface area contributed by atoms with E-state index >= 15 is 0 Å². The van der Waals surface area contributed by atoms with Gasteiger partial charge < -0.3 is 10.0 Å². The number of carbonyl (C=O) groups is 1. The van der Waals surface area contributed by atoms with E-state index in [1.54, 1.807) is 0 Å². The molecule has 110 valence electrons. The second kappa shape index (κ2) is 7.28. The van der Waals surface area contributed by atoms with Crippen LogP contribution in [0.25, 0.3) is 0 Å². The molecular weight excluding hydrogens is 238 g/mol. The lowest BCUT2D eigenvalue weighted by atomic mass is 9.82. The van der Waals surface area contributed by atoms with Gasteiger partial charge in [0.1, 0.15) is 0 Å². The Labute approximate surface area is 117 Å². The molecule has 0 radical (unpaired) electrons. The van der Waals surface area contributed by atoms with E-state index in [1.807, 2.05) is 0 Å². The van der Waals surface area contributed by atoms with Gasteiger partial charge in [-0.2, -0.15) is 0 Å². The Bertz CT molecular complexity index is 284. The van der Waals surface area contributed by atoms with E-state index in [0.29, 0.717) is 12.3 Å². The Kier molecular flexibility index (Phi) is 5.68. The van der Waals surface area contributed by atoms with Crippen molar-refractivity contribution in [1.82, 2.24) is 4.90 Å². The summed E-state index contributed by atoms with van der Waals surface area (Å²) >= 11 is 0. The SMILES string of the molecule is CCC1CCCC(N2CCC(CCC(=O)O)CC2)C1. The van der Waals surface area contributed by atoms with Gasteiger partial charge in [-0.25, -0.2) is 0 Å². The minimum atomic E-state index is -0.638. The maximum Gasteiger partial charge on any atom is 0.303 e. The first-order valence-electron chi connectivity index (χ1n) is 8.15. The number of aliphatic carboxylic acids is 1. The highest BCUT2D eigenvalue weighted by atomic mass is 16.4. The van der Waals surface area contributed by atoms with Gasteiger partial charge in [0.05, 0.1) is 0 Å². The number of rotatable bonds is 5. The normalized spacial score (nSPS) is 30.4. The van der Waals surface area contributed by atoms with Crippen LogP contribution in [-0.2, 0) is 4.79 Å². The molecule has 0 aromatic carbocycles. The van der Waals surface area contributed by atoms with Crippen LogP contribution in [-0.4, -0.2) is 35.1 Å². The zero-order valence-electron chi connectivity index (χ0n) is 12.3. The van der Waals surface area contributed by atoms with Crippen molar-refractivity contribution in [3.8, 4) is 0 Å². The summed E-state index contributed by atoms with van der Waals surface area (Å²) in [6, 6.07) is 0.819. The third kappa shape index (κ3) is 4.48. The van der Waals surface area contributed by atoms with Crippen molar-refractivity contribution in [3.63, 3.8) is 0 Å². The van der Waals surface area contributed by atoms with Crippen LogP contribution in [0.5, 0.6) is 0 Å². The van der Waals surface area contributed by atoms with Crippen LogP contribution < -0.4 is 0 Å². The largest absolute Gasteiger partial charge is 0.481 e. The summed E-state index contributed by atoms with van der Waals surface area (Å²) in [5, 5.41) is 8.75. The van der Waals surface area contributed by atoms with Crippen LogP contribution in [0.3, 0.4) is 0 Å². The van der Waals surface area contributed by atoms with Gasteiger partial charge in [-0.05, 0) is 57.0 Å². The summed E-state index contributed by atoms with van der Waals surface area (Å²) in [5.41, 5.74) is 0. The lowest BCUT2D eigenvalue weighted by Crippen LogP contribution is -2.43. The average Bonchev–Trinajstić information content (AvgIpc) is 2.45. The van der Waals surface area contributed by atoms with Crippen molar-refractivity contribution in [3.05, 3.63) is 0 Å². The van der Waals surface area contributed by atoms with Crippen LogP contribution >= 0.6 is 0 Å². The molecule has 0 aromatic rings. The molecule has 2 atom stereocenters. The number of nitrogens with zero attached hydrogens (tertiary/aromatic N) is 1. The molecule has 1 saturated carbocycles. The summed E-state index contributed by atoms with van der Waals surface area (Å²) in [7, 11) is 0. The lowest BCUT2D eigenvalue weighted by Gasteiger charge is -2.41. The molecule has 1 aliphatic heterocycles. The summed E-state index contributed by atoms with van der Waals surface area (Å²) in [6.07, 6.45) is 10.6. The third-order valence-corrected chi connectivity index (χ3v) is 5.26. The van der Waals surface area contributed by atoms with Gasteiger partial charge in [0.2, 0.25) is 0 Å². The molecule has 2 rings (SSSR count). The van der Waals surface area contributed by atoms with Gasteiger partial charge in [0.25, 0.3) is 0 Å². The number of likely N-dealkylation sites (tertiary alicyclic amines) is 1. The molecule has 0 bridgehead atoms. The van der Waals surface area contributed by atoms with Gasteiger partial charge in [-0.1, -0.05) is 26.2 Å². The second-order valence-corrected chi connectivity index (χ2v) is 6.51. The molecular formula is C16H29NO2. The van der Waals surface area contributed by atoms with Crippen molar-refractivity contribution in [2.24, 2.45) is 11.8 Å². The highest BCUT2D eigenvalue weighted by molar-refractivity contribution is 5.66. The van der Waals surface area contributed by atoms with Gasteiger partial charge in [-0.15, -0.1) is 0 Å². The molecule has 3 heteroatoms. The minimum Gasteiger partial charge on any atom is -0.481 e. The maximum absolute atomic E-state index is 10.6. The topological polar surface area (TPSA) is 40.5 Å². The van der Waals surface area contributed by atoms with Crippen molar-refractivity contribution in [2.45, 2.75) is 70.8 Å². The third-order valence-electron chi connectivity index (χ3n) is 5.26. The molecule has 0 spiro atoms. The number of hydrogen-bond acceptors (Lipinski definition) is 2. The molecule has 1 aliphatic carbocycles. The molecule has 2 unspecified atom stereocenters. The summed E-state index contributed by atoms with van der Waals surface area (Å²) in [6.45, 7) is 4.72. The Morgan fingerprint density at radius 3 is 2.53 bits per heavy atom. The van der Waals surface area contributed by atoms with Crippen molar-refractivity contribution in [1.29, 1.82) is 0 Å². The van der Waals surface area contributed by atoms with Crippen molar-refractivity contribution < 1.29 is 9.90 Å². The minimum absolute atomic E-state index is 0.353. The lowest BCUT2D eigenvalue weighted by molar-refractivity contribution is -0.137. The summed E-state index contributed by atoms with van der Waals surface area (Å²) in [5.74, 6) is 0.960. The van der Waals surface area contributed by atoms with Gasteiger partial charge >= 0.3 is 5.97 Å². The predicted octanol–water partition coefficient (Wildman–Crippen LogP) is 3.53. The quantitative estimate of drug-likeness (QED) is 0.828. The zero-order chi connectivity index (χ0) is 13.7. The molecule has 1 N–H and O–H groups in total. The molecule has 2 aliphatic rings. The monoisotopic (exact) mass is 267 g/mol. The van der Waals surface area contributed by atoms with Crippen molar-refractivity contribution in [2.75, 3.05) is 13.1 Å². The van der Waals surface area contributed by atoms with E-state index in [-0.39, 0.29) is 0 Å². The smallest absolute Gasteiger partial charge is 0.303 e. The molecule has 1 heterocycles. The van der Waals surface area contributed by atoms with Gasteiger partial charge in [0.15, 0.2) is 0 Å². The van der Waals surface area contributed by atoms with E-state index in [0.717, 1.165) is 18.4 Å².